The average molecular weight is 372 g/mol. The zero-order valence-electron chi connectivity index (χ0n) is 14.7. The predicted octanol–water partition coefficient (Wildman–Crippen LogP) is 3.53. The number of rotatable bonds is 4. The van der Waals surface area contributed by atoms with Crippen LogP contribution in [0.25, 0.3) is 5.65 Å². The van der Waals surface area contributed by atoms with E-state index in [1.54, 1.807) is 19.2 Å². The van der Waals surface area contributed by atoms with E-state index in [2.05, 4.69) is 10.1 Å². The summed E-state index contributed by atoms with van der Waals surface area (Å²) in [7, 11) is 0. The molecule has 0 aliphatic carbocycles. The molecule has 1 aliphatic heterocycles. The van der Waals surface area contributed by atoms with Crippen molar-refractivity contribution in [1.29, 1.82) is 0 Å². The van der Waals surface area contributed by atoms with Crippen LogP contribution in [0.4, 0.5) is 14.6 Å². The van der Waals surface area contributed by atoms with Gasteiger partial charge < -0.3 is 9.64 Å². The number of halogens is 2. The van der Waals surface area contributed by atoms with Gasteiger partial charge in [-0.05, 0) is 44.0 Å². The van der Waals surface area contributed by atoms with Crippen LogP contribution in [-0.2, 0) is 4.74 Å². The maximum atomic E-state index is 14.3. The van der Waals surface area contributed by atoms with Crippen molar-refractivity contribution in [3.8, 4) is 0 Å². The Morgan fingerprint density at radius 2 is 2.19 bits per heavy atom. The SMILES string of the molecule is CCOC(=O)c1cnn2ccc(N3CCC[C@H]3c3cc(F)ccc3F)nc12. The molecule has 1 aromatic carbocycles. The molecule has 140 valence electrons. The lowest BCUT2D eigenvalue weighted by atomic mass is 10.0. The van der Waals surface area contributed by atoms with E-state index in [1.807, 2.05) is 4.90 Å². The van der Waals surface area contributed by atoms with Crippen LogP contribution in [0.2, 0.25) is 0 Å². The Hall–Kier alpha value is -3.03. The Bertz CT molecular complexity index is 1000. The molecule has 0 saturated carbocycles. The first-order valence-corrected chi connectivity index (χ1v) is 8.81. The van der Waals surface area contributed by atoms with Gasteiger partial charge in [0.1, 0.15) is 23.0 Å². The number of aromatic nitrogens is 3. The van der Waals surface area contributed by atoms with E-state index in [0.29, 0.717) is 30.0 Å². The van der Waals surface area contributed by atoms with E-state index in [9.17, 15) is 13.6 Å². The van der Waals surface area contributed by atoms with Crippen LogP contribution in [0.15, 0.2) is 36.7 Å². The molecule has 3 aromatic rings. The van der Waals surface area contributed by atoms with Gasteiger partial charge in [-0.15, -0.1) is 0 Å². The summed E-state index contributed by atoms with van der Waals surface area (Å²) >= 11 is 0. The first-order chi connectivity index (χ1) is 13.1. The third-order valence-corrected chi connectivity index (χ3v) is 4.71. The highest BCUT2D eigenvalue weighted by Gasteiger charge is 2.30. The van der Waals surface area contributed by atoms with E-state index >= 15 is 0 Å². The molecule has 0 radical (unpaired) electrons. The minimum atomic E-state index is -0.494. The fraction of sp³-hybridized carbons (Fsp3) is 0.316. The summed E-state index contributed by atoms with van der Waals surface area (Å²) in [5.74, 6) is -0.820. The summed E-state index contributed by atoms with van der Waals surface area (Å²) in [6.07, 6.45) is 4.63. The molecule has 1 fully saturated rings. The van der Waals surface area contributed by atoms with Crippen molar-refractivity contribution in [3.63, 3.8) is 0 Å². The van der Waals surface area contributed by atoms with Crippen LogP contribution in [0.5, 0.6) is 0 Å². The van der Waals surface area contributed by atoms with Crippen molar-refractivity contribution in [2.75, 3.05) is 18.1 Å². The first-order valence-electron chi connectivity index (χ1n) is 8.81. The van der Waals surface area contributed by atoms with Gasteiger partial charge in [0.25, 0.3) is 0 Å². The average Bonchev–Trinajstić information content (AvgIpc) is 3.30. The maximum Gasteiger partial charge on any atom is 0.343 e. The van der Waals surface area contributed by atoms with Gasteiger partial charge in [0.15, 0.2) is 5.65 Å². The number of fused-ring (bicyclic) bond motifs is 1. The molecule has 8 heteroatoms. The number of hydrogen-bond donors (Lipinski definition) is 0. The minimum absolute atomic E-state index is 0.253. The van der Waals surface area contributed by atoms with Gasteiger partial charge in [0, 0.05) is 18.3 Å². The number of nitrogens with zero attached hydrogens (tertiary/aromatic N) is 4. The summed E-state index contributed by atoms with van der Waals surface area (Å²) in [5, 5.41) is 4.12. The summed E-state index contributed by atoms with van der Waals surface area (Å²) in [6.45, 7) is 2.64. The van der Waals surface area contributed by atoms with Gasteiger partial charge >= 0.3 is 5.97 Å². The number of carbonyl (C=O) groups excluding carboxylic acids is 1. The van der Waals surface area contributed by atoms with Gasteiger partial charge in [-0.3, -0.25) is 0 Å². The van der Waals surface area contributed by atoms with Crippen LogP contribution < -0.4 is 4.90 Å². The Morgan fingerprint density at radius 1 is 1.33 bits per heavy atom. The van der Waals surface area contributed by atoms with Crippen LogP contribution in [0.3, 0.4) is 0 Å². The molecule has 0 unspecified atom stereocenters. The fourth-order valence-electron chi connectivity index (χ4n) is 3.51. The second-order valence-corrected chi connectivity index (χ2v) is 6.35. The maximum absolute atomic E-state index is 14.3. The molecule has 3 heterocycles. The molecule has 6 nitrogen and oxygen atoms in total. The fourth-order valence-corrected chi connectivity index (χ4v) is 3.51. The highest BCUT2D eigenvalue weighted by atomic mass is 19.1. The summed E-state index contributed by atoms with van der Waals surface area (Å²) in [5.41, 5.74) is 0.955. The molecule has 27 heavy (non-hydrogen) atoms. The molecule has 2 aromatic heterocycles. The highest BCUT2D eigenvalue weighted by molar-refractivity contribution is 5.95. The monoisotopic (exact) mass is 372 g/mol. The van der Waals surface area contributed by atoms with Gasteiger partial charge in [0.05, 0.1) is 18.8 Å². The molecule has 0 bridgehead atoms. The lowest BCUT2D eigenvalue weighted by Gasteiger charge is -2.26. The second kappa shape index (κ2) is 6.94. The summed E-state index contributed by atoms with van der Waals surface area (Å²) in [4.78, 5) is 18.6. The Kier molecular flexibility index (Phi) is 4.47. The van der Waals surface area contributed by atoms with Crippen LogP contribution in [-0.4, -0.2) is 33.7 Å². The number of hydrogen-bond acceptors (Lipinski definition) is 5. The molecular weight excluding hydrogens is 354 g/mol. The van der Waals surface area contributed by atoms with Crippen molar-refractivity contribution in [2.45, 2.75) is 25.8 Å². The lowest BCUT2D eigenvalue weighted by molar-refractivity contribution is 0.0528. The number of ether oxygens (including phenoxy) is 1. The molecule has 1 saturated heterocycles. The molecule has 4 rings (SSSR count). The van der Waals surface area contributed by atoms with Crippen molar-refractivity contribution in [1.82, 2.24) is 14.6 Å². The molecule has 0 N–H and O–H groups in total. The third kappa shape index (κ3) is 3.11. The highest BCUT2D eigenvalue weighted by Crippen LogP contribution is 2.36. The van der Waals surface area contributed by atoms with E-state index in [1.165, 1.54) is 16.8 Å². The van der Waals surface area contributed by atoms with E-state index < -0.39 is 17.6 Å². The van der Waals surface area contributed by atoms with Crippen molar-refractivity contribution < 1.29 is 18.3 Å². The van der Waals surface area contributed by atoms with E-state index in [4.69, 9.17) is 4.74 Å². The first kappa shape index (κ1) is 17.4. The van der Waals surface area contributed by atoms with Crippen LogP contribution in [0, 0.1) is 11.6 Å². The van der Waals surface area contributed by atoms with Crippen molar-refractivity contribution >= 4 is 17.4 Å². The van der Waals surface area contributed by atoms with Gasteiger partial charge in [0.2, 0.25) is 0 Å². The van der Waals surface area contributed by atoms with E-state index in [-0.39, 0.29) is 18.2 Å². The minimum Gasteiger partial charge on any atom is -0.462 e. The zero-order valence-corrected chi connectivity index (χ0v) is 14.7. The Balaban J connectivity index is 1.73. The number of esters is 1. The van der Waals surface area contributed by atoms with Crippen molar-refractivity contribution in [3.05, 3.63) is 59.4 Å². The lowest BCUT2D eigenvalue weighted by Crippen LogP contribution is -2.24. The van der Waals surface area contributed by atoms with Crippen molar-refractivity contribution in [2.24, 2.45) is 0 Å². The summed E-state index contributed by atoms with van der Waals surface area (Å²) < 4.78 is 34.5. The normalized spacial score (nSPS) is 16.9. The van der Waals surface area contributed by atoms with Crippen LogP contribution in [0.1, 0.15) is 41.7 Å². The van der Waals surface area contributed by atoms with Gasteiger partial charge in [-0.25, -0.2) is 23.1 Å². The Labute approximate surface area is 154 Å². The largest absolute Gasteiger partial charge is 0.462 e. The van der Waals surface area contributed by atoms with Gasteiger partial charge in [-0.1, -0.05) is 0 Å². The summed E-state index contributed by atoms with van der Waals surface area (Å²) in [6, 6.07) is 4.93. The molecule has 0 spiro atoms. The zero-order chi connectivity index (χ0) is 19.0. The number of benzene rings is 1. The number of anilines is 1. The molecule has 0 amide bonds. The third-order valence-electron chi connectivity index (χ3n) is 4.71. The molecule has 1 atom stereocenters. The standard InChI is InChI=1S/C19H18F2N4O2/c1-2-27-19(26)14-11-22-25-9-7-17(23-18(14)25)24-8-3-4-16(24)13-10-12(20)5-6-15(13)21/h5-7,9-11,16H,2-4,8H2,1H3/t16-/m0/s1. The molecular formula is C19H18F2N4O2. The second-order valence-electron chi connectivity index (χ2n) is 6.35. The van der Waals surface area contributed by atoms with Crippen LogP contribution >= 0.6 is 0 Å². The smallest absolute Gasteiger partial charge is 0.343 e. The predicted molar refractivity (Wildman–Crippen MR) is 94.6 cm³/mol. The number of carbonyl (C=O) groups is 1. The quantitative estimate of drug-likeness (QED) is 0.656. The topological polar surface area (TPSA) is 59.7 Å². The van der Waals surface area contributed by atoms with Gasteiger partial charge in [-0.2, -0.15) is 5.10 Å². The molecule has 1 aliphatic rings. The van der Waals surface area contributed by atoms with E-state index in [0.717, 1.165) is 18.6 Å². The Morgan fingerprint density at radius 3 is 3.00 bits per heavy atom.